The molecule has 1 aromatic carbocycles. The third-order valence-electron chi connectivity index (χ3n) is 3.88. The molecule has 6 heteroatoms. The van der Waals surface area contributed by atoms with Crippen LogP contribution >= 0.6 is 0 Å². The van der Waals surface area contributed by atoms with Crippen molar-refractivity contribution in [3.63, 3.8) is 0 Å². The fraction of sp³-hybridized carbons (Fsp3) is 0.0556. The zero-order valence-corrected chi connectivity index (χ0v) is 12.8. The minimum Gasteiger partial charge on any atom is -0.478 e. The Hall–Kier alpha value is -3.41. The number of benzene rings is 1. The highest BCUT2D eigenvalue weighted by Crippen LogP contribution is 2.28. The Labute approximate surface area is 137 Å². The Kier molecular flexibility index (Phi) is 3.16. The van der Waals surface area contributed by atoms with Crippen molar-refractivity contribution >= 4 is 17.0 Å². The standard InChI is InChI=1S/C18H13N3O3/c1-11-16-13(18(22)23)10-14(15-8-5-9-24-15)19-17(16)20-21(11)12-6-3-2-4-7-12/h2-10H,1H3,(H,22,23). The van der Waals surface area contributed by atoms with Crippen LogP contribution in [-0.2, 0) is 0 Å². The number of hydrogen-bond donors (Lipinski definition) is 1. The van der Waals surface area contributed by atoms with Crippen molar-refractivity contribution in [2.45, 2.75) is 6.92 Å². The molecule has 3 heterocycles. The van der Waals surface area contributed by atoms with E-state index in [0.717, 1.165) is 11.4 Å². The van der Waals surface area contributed by atoms with Crippen molar-refractivity contribution in [1.82, 2.24) is 14.8 Å². The lowest BCUT2D eigenvalue weighted by Crippen LogP contribution is -2.00. The van der Waals surface area contributed by atoms with Crippen molar-refractivity contribution in [2.24, 2.45) is 0 Å². The van der Waals surface area contributed by atoms with Crippen molar-refractivity contribution in [3.8, 4) is 17.1 Å². The number of carboxylic acids is 1. The smallest absolute Gasteiger partial charge is 0.336 e. The molecule has 3 aromatic heterocycles. The molecule has 1 N–H and O–H groups in total. The van der Waals surface area contributed by atoms with Gasteiger partial charge in [0.25, 0.3) is 0 Å². The first-order chi connectivity index (χ1) is 11.6. The van der Waals surface area contributed by atoms with Crippen LogP contribution in [0.15, 0.2) is 59.2 Å². The number of carbonyl (C=O) groups is 1. The first kappa shape index (κ1) is 14.2. The quantitative estimate of drug-likeness (QED) is 0.623. The summed E-state index contributed by atoms with van der Waals surface area (Å²) in [5.41, 5.74) is 2.56. The summed E-state index contributed by atoms with van der Waals surface area (Å²) in [4.78, 5) is 16.2. The Morgan fingerprint density at radius 1 is 1.17 bits per heavy atom. The average Bonchev–Trinajstić information content (AvgIpc) is 3.23. The summed E-state index contributed by atoms with van der Waals surface area (Å²) in [6.45, 7) is 1.84. The number of rotatable bonds is 3. The molecule has 6 nitrogen and oxygen atoms in total. The number of aromatic nitrogens is 3. The minimum atomic E-state index is -1.02. The number of nitrogens with zero attached hydrogens (tertiary/aromatic N) is 3. The molecule has 0 saturated carbocycles. The molecule has 0 spiro atoms. The maximum Gasteiger partial charge on any atom is 0.336 e. The van der Waals surface area contributed by atoms with Gasteiger partial charge < -0.3 is 9.52 Å². The number of carboxylic acid groups (broad SMARTS) is 1. The molecule has 0 amide bonds. The van der Waals surface area contributed by atoms with Crippen LogP contribution in [0.1, 0.15) is 16.1 Å². The lowest BCUT2D eigenvalue weighted by molar-refractivity contribution is 0.0699. The number of pyridine rings is 1. The molecule has 0 bridgehead atoms. The molecule has 118 valence electrons. The average molecular weight is 319 g/mol. The topological polar surface area (TPSA) is 81.2 Å². The third-order valence-corrected chi connectivity index (χ3v) is 3.88. The molecule has 4 rings (SSSR count). The molecular weight excluding hydrogens is 306 g/mol. The van der Waals surface area contributed by atoms with Crippen molar-refractivity contribution in [3.05, 3.63) is 66.1 Å². The first-order valence-corrected chi connectivity index (χ1v) is 7.38. The summed E-state index contributed by atoms with van der Waals surface area (Å²) in [7, 11) is 0. The van der Waals surface area contributed by atoms with Crippen LogP contribution in [-0.4, -0.2) is 25.8 Å². The van der Waals surface area contributed by atoms with E-state index in [-0.39, 0.29) is 5.56 Å². The van der Waals surface area contributed by atoms with Gasteiger partial charge in [-0.25, -0.2) is 14.5 Å². The molecule has 0 unspecified atom stereocenters. The highest BCUT2D eigenvalue weighted by atomic mass is 16.4. The zero-order chi connectivity index (χ0) is 16.7. The van der Waals surface area contributed by atoms with Crippen LogP contribution in [0.2, 0.25) is 0 Å². The zero-order valence-electron chi connectivity index (χ0n) is 12.8. The normalized spacial score (nSPS) is 11.0. The van der Waals surface area contributed by atoms with Gasteiger partial charge in [0.1, 0.15) is 5.69 Å². The predicted molar refractivity (Wildman–Crippen MR) is 88.3 cm³/mol. The van der Waals surface area contributed by atoms with E-state index in [1.165, 1.54) is 12.3 Å². The minimum absolute atomic E-state index is 0.158. The van der Waals surface area contributed by atoms with E-state index in [4.69, 9.17) is 4.42 Å². The number of aromatic carboxylic acids is 1. The van der Waals surface area contributed by atoms with E-state index in [2.05, 4.69) is 10.1 Å². The van der Waals surface area contributed by atoms with Crippen molar-refractivity contribution < 1.29 is 14.3 Å². The van der Waals surface area contributed by atoms with Crippen LogP contribution in [0.5, 0.6) is 0 Å². The maximum atomic E-state index is 11.7. The summed E-state index contributed by atoms with van der Waals surface area (Å²) in [5.74, 6) is -0.516. The third kappa shape index (κ3) is 2.16. The van der Waals surface area contributed by atoms with E-state index in [1.807, 2.05) is 37.3 Å². The largest absolute Gasteiger partial charge is 0.478 e. The number of hydrogen-bond acceptors (Lipinski definition) is 4. The summed E-state index contributed by atoms with van der Waals surface area (Å²) in [6.07, 6.45) is 1.52. The SMILES string of the molecule is Cc1c2c(C(=O)O)cc(-c3ccco3)nc2nn1-c1ccccc1. The summed E-state index contributed by atoms with van der Waals surface area (Å²) in [6, 6.07) is 14.5. The molecule has 0 saturated heterocycles. The maximum absolute atomic E-state index is 11.7. The molecule has 0 aliphatic carbocycles. The highest BCUT2D eigenvalue weighted by molar-refractivity contribution is 6.04. The fourth-order valence-corrected chi connectivity index (χ4v) is 2.78. The second kappa shape index (κ2) is 5.34. The number of para-hydroxylation sites is 1. The monoisotopic (exact) mass is 319 g/mol. The molecule has 4 aromatic rings. The van der Waals surface area contributed by atoms with Gasteiger partial charge in [-0.3, -0.25) is 0 Å². The molecule has 0 atom stereocenters. The first-order valence-electron chi connectivity index (χ1n) is 7.38. The summed E-state index contributed by atoms with van der Waals surface area (Å²) >= 11 is 0. The van der Waals surface area contributed by atoms with Crippen LogP contribution in [0.3, 0.4) is 0 Å². The predicted octanol–water partition coefficient (Wildman–Crippen LogP) is 3.69. The van der Waals surface area contributed by atoms with E-state index in [0.29, 0.717) is 22.5 Å². The summed E-state index contributed by atoms with van der Waals surface area (Å²) in [5, 5.41) is 14.6. The van der Waals surface area contributed by atoms with Gasteiger partial charge in [-0.1, -0.05) is 18.2 Å². The summed E-state index contributed by atoms with van der Waals surface area (Å²) < 4.78 is 7.04. The van der Waals surface area contributed by atoms with Gasteiger partial charge in [0.05, 0.1) is 28.6 Å². The van der Waals surface area contributed by atoms with Crippen LogP contribution in [0.4, 0.5) is 0 Å². The lowest BCUT2D eigenvalue weighted by atomic mass is 10.1. The Morgan fingerprint density at radius 2 is 1.96 bits per heavy atom. The fourth-order valence-electron chi connectivity index (χ4n) is 2.78. The number of furan rings is 1. The second-order valence-corrected chi connectivity index (χ2v) is 5.37. The van der Waals surface area contributed by atoms with Crippen LogP contribution in [0.25, 0.3) is 28.2 Å². The van der Waals surface area contributed by atoms with E-state index < -0.39 is 5.97 Å². The van der Waals surface area contributed by atoms with Gasteiger partial charge in [0.15, 0.2) is 11.4 Å². The van der Waals surface area contributed by atoms with Gasteiger partial charge in [0.2, 0.25) is 0 Å². The number of fused-ring (bicyclic) bond motifs is 1. The van der Waals surface area contributed by atoms with Gasteiger partial charge in [-0.05, 0) is 37.3 Å². The molecule has 0 radical (unpaired) electrons. The van der Waals surface area contributed by atoms with Gasteiger partial charge >= 0.3 is 5.97 Å². The van der Waals surface area contributed by atoms with E-state index >= 15 is 0 Å². The number of aryl methyl sites for hydroxylation is 1. The van der Waals surface area contributed by atoms with Gasteiger partial charge in [0, 0.05) is 0 Å². The van der Waals surface area contributed by atoms with Gasteiger partial charge in [-0.15, -0.1) is 5.10 Å². The highest BCUT2D eigenvalue weighted by Gasteiger charge is 2.20. The van der Waals surface area contributed by atoms with Crippen molar-refractivity contribution in [2.75, 3.05) is 0 Å². The molecular formula is C18H13N3O3. The molecule has 0 aliphatic rings. The molecule has 24 heavy (non-hydrogen) atoms. The van der Waals surface area contributed by atoms with Gasteiger partial charge in [-0.2, -0.15) is 0 Å². The molecule has 0 fully saturated rings. The Bertz CT molecular complexity index is 1030. The van der Waals surface area contributed by atoms with Crippen LogP contribution in [0, 0.1) is 6.92 Å². The van der Waals surface area contributed by atoms with E-state index in [1.54, 1.807) is 16.8 Å². The van der Waals surface area contributed by atoms with Crippen molar-refractivity contribution in [1.29, 1.82) is 0 Å². The Morgan fingerprint density at radius 3 is 2.62 bits per heavy atom. The second-order valence-electron chi connectivity index (χ2n) is 5.37. The van der Waals surface area contributed by atoms with E-state index in [9.17, 15) is 9.90 Å². The van der Waals surface area contributed by atoms with Crippen LogP contribution < -0.4 is 0 Å². The Balaban J connectivity index is 2.02. The lowest BCUT2D eigenvalue weighted by Gasteiger charge is -2.04. The molecule has 0 aliphatic heterocycles.